The molecule has 2 aromatic rings. The number of fused-ring (bicyclic) bond motifs is 5. The molecule has 0 unspecified atom stereocenters. The van der Waals surface area contributed by atoms with Gasteiger partial charge in [-0.1, -0.05) is 94.1 Å². The summed E-state index contributed by atoms with van der Waals surface area (Å²) in [6.07, 6.45) is 2.86. The molecule has 23 nitrogen and oxygen atoms in total. The van der Waals surface area contributed by atoms with Crippen LogP contribution in [0.5, 0.6) is 5.75 Å². The van der Waals surface area contributed by atoms with Gasteiger partial charge in [-0.25, -0.2) is 9.59 Å². The van der Waals surface area contributed by atoms with Crippen molar-refractivity contribution in [2.75, 3.05) is 62.3 Å². The van der Waals surface area contributed by atoms with Crippen LogP contribution in [-0.4, -0.2) is 169 Å². The molecule has 0 aliphatic carbocycles. The lowest BCUT2D eigenvalue weighted by Gasteiger charge is -2.41. The van der Waals surface area contributed by atoms with Crippen molar-refractivity contribution in [1.82, 2.24) is 20.9 Å². The fourth-order valence-corrected chi connectivity index (χ4v) is 12.5. The molecule has 486 valence electrons. The molecular formula is C62H86Br2ClN7O16. The number of amides is 7. The predicted octanol–water partition coefficient (Wildman–Crippen LogP) is 6.91. The van der Waals surface area contributed by atoms with Gasteiger partial charge in [0.2, 0.25) is 23.6 Å². The van der Waals surface area contributed by atoms with Crippen molar-refractivity contribution in [3.8, 4) is 5.75 Å². The van der Waals surface area contributed by atoms with Crippen molar-refractivity contribution in [3.63, 3.8) is 0 Å². The number of alkyl halides is 2. The topological polar surface area (TPSA) is 313 Å². The Kier molecular flexibility index (Phi) is 27.3. The number of hydrogen-bond donors (Lipinski definition) is 6. The molecule has 0 spiro atoms. The minimum Gasteiger partial charge on any atom is -0.497 e. The SMILES string of the molecule is COc1ccc(C(=O)N(C)[C@@H](C)C(=O)O[C@H]2CC(=O)N(C)c3cc(cc(C)c3Cl)C/C(C)=C/C=C/[C@@H](OC)[C@]3(O)CC(=O)O[C@@H](C3)[C@@H](C)[C@@H]3O[C@@]23C)c(NC(=O)[C@H](CCCNC(N)=O)NC(=O)[C@@H](NC(=O)CCCCCOC(=O)C(CBr)CBr)C(C)C)c1. The summed E-state index contributed by atoms with van der Waals surface area (Å²) in [6, 6.07) is 3.43. The minimum atomic E-state index is -1.67. The molecule has 5 rings (SSSR count). The zero-order valence-corrected chi connectivity index (χ0v) is 55.9. The molecule has 7 N–H and O–H groups in total. The summed E-state index contributed by atoms with van der Waals surface area (Å²) >= 11 is 13.5. The van der Waals surface area contributed by atoms with Crippen molar-refractivity contribution in [3.05, 3.63) is 75.8 Å². The van der Waals surface area contributed by atoms with Crippen LogP contribution in [0.2, 0.25) is 5.02 Å². The Labute approximate surface area is 536 Å². The number of hydrogen-bond acceptors (Lipinski definition) is 16. The van der Waals surface area contributed by atoms with Gasteiger partial charge in [0.05, 0.1) is 60.5 Å². The van der Waals surface area contributed by atoms with Crippen molar-refractivity contribution >= 4 is 108 Å². The van der Waals surface area contributed by atoms with E-state index in [0.29, 0.717) is 52.6 Å². The normalized spacial score (nSPS) is 24.0. The number of carbonyl (C=O) groups excluding carboxylic acids is 9. The maximum atomic E-state index is 14.7. The van der Waals surface area contributed by atoms with Gasteiger partial charge in [-0.3, -0.25) is 33.6 Å². The fourth-order valence-electron chi connectivity index (χ4n) is 10.7. The number of epoxide rings is 1. The molecule has 0 saturated carbocycles. The fraction of sp³-hybridized carbons (Fsp3) is 0.597. The van der Waals surface area contributed by atoms with E-state index >= 15 is 0 Å². The summed E-state index contributed by atoms with van der Waals surface area (Å²) in [5, 5.41) is 24.0. The number of nitrogens with two attached hydrogens (primary N) is 1. The number of nitrogens with one attached hydrogen (secondary N) is 4. The van der Waals surface area contributed by atoms with E-state index in [4.69, 9.17) is 45.8 Å². The van der Waals surface area contributed by atoms with Crippen LogP contribution in [0.15, 0.2) is 54.1 Å². The van der Waals surface area contributed by atoms with Gasteiger partial charge in [-0.05, 0) is 101 Å². The number of aliphatic hydroxyl groups is 1. The number of likely N-dealkylation sites (N-methyl/N-ethyl adjacent to an activating group) is 1. The molecule has 3 heterocycles. The average molecular weight is 1380 g/mol. The number of unbranched alkanes of at least 4 members (excludes halogenated alkanes) is 2. The van der Waals surface area contributed by atoms with E-state index in [2.05, 4.69) is 53.1 Å². The van der Waals surface area contributed by atoms with Gasteiger partial charge in [0.15, 0.2) is 0 Å². The van der Waals surface area contributed by atoms with Crippen molar-refractivity contribution in [2.24, 2.45) is 23.5 Å². The molecule has 26 heteroatoms. The Bertz CT molecular complexity index is 2930. The van der Waals surface area contributed by atoms with Gasteiger partial charge in [0.25, 0.3) is 5.91 Å². The first-order valence-corrected chi connectivity index (χ1v) is 32.0. The Balaban J connectivity index is 1.38. The second-order valence-corrected chi connectivity index (χ2v) is 25.1. The number of rotatable bonds is 25. The van der Waals surface area contributed by atoms with Crippen LogP contribution in [0, 0.1) is 24.7 Å². The number of allylic oxidation sites excluding steroid dienone is 3. The number of aryl methyl sites for hydroxylation is 1. The zero-order valence-electron chi connectivity index (χ0n) is 52.0. The lowest BCUT2D eigenvalue weighted by atomic mass is 9.78. The summed E-state index contributed by atoms with van der Waals surface area (Å²) in [6.45, 7) is 12.3. The highest BCUT2D eigenvalue weighted by molar-refractivity contribution is 9.09. The van der Waals surface area contributed by atoms with Gasteiger partial charge < -0.3 is 70.3 Å². The van der Waals surface area contributed by atoms with E-state index < -0.39 is 120 Å². The van der Waals surface area contributed by atoms with Gasteiger partial charge in [0, 0.05) is 63.2 Å². The highest BCUT2D eigenvalue weighted by atomic mass is 79.9. The number of halogens is 3. The maximum Gasteiger partial charge on any atom is 0.328 e. The summed E-state index contributed by atoms with van der Waals surface area (Å²) in [5.74, 6) is -6.20. The number of ether oxygens (including phenoxy) is 6. The van der Waals surface area contributed by atoms with Crippen LogP contribution in [0.4, 0.5) is 16.2 Å². The summed E-state index contributed by atoms with van der Waals surface area (Å²) < 4.78 is 35.1. The maximum absolute atomic E-state index is 14.7. The Morgan fingerprint density at radius 1 is 0.966 bits per heavy atom. The highest BCUT2D eigenvalue weighted by Gasteiger charge is 2.64. The number of benzene rings is 2. The first kappa shape index (κ1) is 72.6. The molecule has 4 bridgehead atoms. The van der Waals surface area contributed by atoms with Crippen molar-refractivity contribution in [1.29, 1.82) is 0 Å². The number of anilines is 2. The number of methoxy groups -OCH3 is 2. The number of nitrogens with zero attached hydrogens (tertiary/aromatic N) is 2. The Hall–Kier alpha value is -6.12. The quantitative estimate of drug-likeness (QED) is 0.0193. The molecular weight excluding hydrogens is 1290 g/mol. The predicted molar refractivity (Wildman–Crippen MR) is 337 cm³/mol. The standard InChI is InChI=1S/C62H86Br2ClN7O16/c1-34(2)53(70-49(73)20-13-12-14-24-85-59(80)40(32-63)33-64)56(77)68-43(18-16-23-67-60(66)81)55(76)69-44-28-41(83-10)21-22-42(44)57(78)71(8)38(6)58(79)87-48-29-50(74)72(9)45-27-39(26-36(4)52(45)65)25-35(3)17-15-19-47(84-11)62(82)30-46(86-51(75)31-62)37(5)54-61(48,7)88-54/h15,17,19,21-22,26-28,34,37-38,40,43,46-48,53-54,82H,12-14,16,18,20,23-25,29-33H2,1-11H3,(H,68,77)(H,69,76)(H,70,73)(H3,66,67,81)/b19-15+,35-17+/t37-,38+,43+,46+,47-,48+,53+,54+,61+,62-/m1/s1. The summed E-state index contributed by atoms with van der Waals surface area (Å²) in [7, 11) is 5.73. The van der Waals surface area contributed by atoms with Crippen molar-refractivity contribution < 1.29 is 76.7 Å². The Morgan fingerprint density at radius 3 is 2.32 bits per heavy atom. The zero-order chi connectivity index (χ0) is 65.4. The first-order valence-electron chi connectivity index (χ1n) is 29.4. The molecule has 7 amide bonds. The number of carbonyl (C=O) groups is 9. The van der Waals surface area contributed by atoms with Gasteiger partial charge in [-0.2, -0.15) is 0 Å². The van der Waals surface area contributed by atoms with Crippen LogP contribution in [0.25, 0.3) is 0 Å². The van der Waals surface area contributed by atoms with Crippen LogP contribution >= 0.6 is 43.5 Å². The van der Waals surface area contributed by atoms with Crippen LogP contribution in [-0.2, 0) is 63.7 Å². The summed E-state index contributed by atoms with van der Waals surface area (Å²) in [4.78, 5) is 125. The second kappa shape index (κ2) is 33.1. The Morgan fingerprint density at radius 2 is 1.67 bits per heavy atom. The molecule has 2 saturated heterocycles. The molecule has 3 aliphatic heterocycles. The number of esters is 3. The van der Waals surface area contributed by atoms with Crippen LogP contribution in [0.1, 0.15) is 121 Å². The monoisotopic (exact) mass is 1380 g/mol. The van der Waals surface area contributed by atoms with E-state index in [9.17, 15) is 48.3 Å². The van der Waals surface area contributed by atoms with E-state index in [1.165, 1.54) is 51.3 Å². The molecule has 0 aromatic heterocycles. The van der Waals surface area contributed by atoms with E-state index in [1.54, 1.807) is 46.9 Å². The third kappa shape index (κ3) is 19.4. The second-order valence-electron chi connectivity index (χ2n) is 23.4. The van der Waals surface area contributed by atoms with Crippen molar-refractivity contribution in [2.45, 2.75) is 166 Å². The van der Waals surface area contributed by atoms with Crippen LogP contribution < -0.4 is 36.6 Å². The van der Waals surface area contributed by atoms with Gasteiger partial charge >= 0.3 is 23.9 Å². The lowest BCUT2D eigenvalue weighted by Crippen LogP contribution is -2.54. The molecule has 2 aromatic carbocycles. The largest absolute Gasteiger partial charge is 0.497 e. The molecule has 0 radical (unpaired) electrons. The van der Waals surface area contributed by atoms with Gasteiger partial charge in [-0.15, -0.1) is 0 Å². The van der Waals surface area contributed by atoms with E-state index in [-0.39, 0.29) is 74.1 Å². The first-order chi connectivity index (χ1) is 41.5. The third-order valence-corrected chi connectivity index (χ3v) is 18.3. The minimum absolute atomic E-state index is 0.0289. The lowest BCUT2D eigenvalue weighted by molar-refractivity contribution is -0.187. The molecule has 88 heavy (non-hydrogen) atoms. The number of primary amides is 1. The number of urea groups is 1. The molecule has 2 fully saturated rings. The average Bonchev–Trinajstić information content (AvgIpc) is 2.32. The van der Waals surface area contributed by atoms with Gasteiger partial charge in [0.1, 0.15) is 53.4 Å². The van der Waals surface area contributed by atoms with E-state index in [0.717, 1.165) is 16.0 Å². The molecule has 10 atom stereocenters. The third-order valence-electron chi connectivity index (χ3n) is 16.3. The smallest absolute Gasteiger partial charge is 0.328 e. The summed E-state index contributed by atoms with van der Waals surface area (Å²) in [5.41, 5.74) is 4.98. The van der Waals surface area contributed by atoms with E-state index in [1.807, 2.05) is 32.1 Å². The molecule has 3 aliphatic rings. The van der Waals surface area contributed by atoms with Crippen LogP contribution in [0.3, 0.4) is 0 Å². The highest BCUT2D eigenvalue weighted by Crippen LogP contribution is 2.50.